The molecule has 1 aromatic heterocycles. The maximum atomic E-state index is 11.8. The maximum absolute atomic E-state index is 11.8. The molecule has 1 heterocycles. The summed E-state index contributed by atoms with van der Waals surface area (Å²) in [5.41, 5.74) is 1.86. The van der Waals surface area contributed by atoms with Gasteiger partial charge in [0.1, 0.15) is 5.76 Å². The number of hydrogen-bond donors (Lipinski definition) is 1. The topological polar surface area (TPSA) is 72.2 Å². The monoisotopic (exact) mass is 258 g/mol. The van der Waals surface area contributed by atoms with Gasteiger partial charge in [0, 0.05) is 11.3 Å². The predicted octanol–water partition coefficient (Wildman–Crippen LogP) is 2.37. The van der Waals surface area contributed by atoms with Gasteiger partial charge < -0.3 is 9.73 Å². The third-order valence-electron chi connectivity index (χ3n) is 2.72. The quantitative estimate of drug-likeness (QED) is 0.854. The van der Waals surface area contributed by atoms with Crippen molar-refractivity contribution in [3.8, 4) is 0 Å². The molecule has 0 aliphatic heterocycles. The highest BCUT2D eigenvalue weighted by Crippen LogP contribution is 2.12. The molecule has 5 heteroatoms. The van der Waals surface area contributed by atoms with E-state index >= 15 is 0 Å². The lowest BCUT2D eigenvalue weighted by Crippen LogP contribution is -2.14. The smallest absolute Gasteiger partial charge is 0.232 e. The van der Waals surface area contributed by atoms with Crippen LogP contribution in [0.4, 0.5) is 5.69 Å². The van der Waals surface area contributed by atoms with E-state index in [0.717, 1.165) is 0 Å². The molecule has 0 saturated heterocycles. The number of aryl methyl sites for hydroxylation is 1. The fraction of sp³-hybridized carbons (Fsp3) is 0.214. The van der Waals surface area contributed by atoms with Crippen LogP contribution < -0.4 is 5.32 Å². The van der Waals surface area contributed by atoms with Gasteiger partial charge in [0.2, 0.25) is 5.91 Å². The highest BCUT2D eigenvalue weighted by atomic mass is 16.3. The Labute approximate surface area is 110 Å². The Kier molecular flexibility index (Phi) is 3.75. The molecular formula is C14H14N2O3. The number of rotatable bonds is 4. The van der Waals surface area contributed by atoms with E-state index in [2.05, 4.69) is 10.3 Å². The zero-order valence-electron chi connectivity index (χ0n) is 10.8. The summed E-state index contributed by atoms with van der Waals surface area (Å²) in [4.78, 5) is 27.0. The van der Waals surface area contributed by atoms with Crippen molar-refractivity contribution in [1.29, 1.82) is 0 Å². The van der Waals surface area contributed by atoms with Gasteiger partial charge in [-0.2, -0.15) is 0 Å². The average Bonchev–Trinajstić information content (AvgIpc) is 2.75. The van der Waals surface area contributed by atoms with Crippen LogP contribution in [0.3, 0.4) is 0 Å². The number of oxazole rings is 1. The molecule has 0 aliphatic rings. The summed E-state index contributed by atoms with van der Waals surface area (Å²) in [6.45, 7) is 3.27. The van der Waals surface area contributed by atoms with Crippen molar-refractivity contribution in [2.45, 2.75) is 20.3 Å². The minimum atomic E-state index is -0.208. The van der Waals surface area contributed by atoms with Crippen LogP contribution >= 0.6 is 0 Å². The largest absolute Gasteiger partial charge is 0.448 e. The number of nitrogens with zero attached hydrogens (tertiary/aromatic N) is 1. The van der Waals surface area contributed by atoms with Crippen molar-refractivity contribution >= 4 is 17.4 Å². The number of benzene rings is 1. The zero-order valence-corrected chi connectivity index (χ0v) is 10.8. The highest BCUT2D eigenvalue weighted by molar-refractivity contribution is 5.97. The molecule has 1 aromatic carbocycles. The van der Waals surface area contributed by atoms with Crippen LogP contribution in [0.5, 0.6) is 0 Å². The van der Waals surface area contributed by atoms with E-state index in [4.69, 9.17) is 4.42 Å². The Hall–Kier alpha value is -2.43. The van der Waals surface area contributed by atoms with Gasteiger partial charge in [0.15, 0.2) is 12.2 Å². The van der Waals surface area contributed by atoms with Crippen molar-refractivity contribution in [3.05, 3.63) is 47.7 Å². The van der Waals surface area contributed by atoms with E-state index in [9.17, 15) is 9.59 Å². The Bertz CT molecular complexity index is 617. The van der Waals surface area contributed by atoms with Crippen molar-refractivity contribution < 1.29 is 14.0 Å². The normalized spacial score (nSPS) is 10.2. The lowest BCUT2D eigenvalue weighted by molar-refractivity contribution is -0.115. The number of carbonyl (C=O) groups is 2. The van der Waals surface area contributed by atoms with Gasteiger partial charge in [-0.15, -0.1) is 0 Å². The van der Waals surface area contributed by atoms with Crippen molar-refractivity contribution in [3.63, 3.8) is 0 Å². The summed E-state index contributed by atoms with van der Waals surface area (Å²) in [7, 11) is 0. The Morgan fingerprint density at radius 1 is 1.37 bits per heavy atom. The molecule has 0 unspecified atom stereocenters. The summed E-state index contributed by atoms with van der Waals surface area (Å²) in [5.74, 6) is 0.294. The van der Waals surface area contributed by atoms with Gasteiger partial charge in [-0.25, -0.2) is 4.98 Å². The average molecular weight is 258 g/mol. The zero-order chi connectivity index (χ0) is 13.8. The number of nitrogens with one attached hydrogen (secondary N) is 1. The first-order valence-electron chi connectivity index (χ1n) is 5.86. The summed E-state index contributed by atoms with van der Waals surface area (Å²) in [5, 5.41) is 2.72. The first-order valence-corrected chi connectivity index (χ1v) is 5.86. The molecule has 0 saturated carbocycles. The SMILES string of the molecule is CC(=O)c1cccc(NC(=O)Cc2ocnc2C)c1. The van der Waals surface area contributed by atoms with Gasteiger partial charge >= 0.3 is 0 Å². The first kappa shape index (κ1) is 13.0. The van der Waals surface area contributed by atoms with Gasteiger partial charge in [0.25, 0.3) is 0 Å². The number of amides is 1. The van der Waals surface area contributed by atoms with Gasteiger partial charge in [-0.3, -0.25) is 9.59 Å². The molecule has 0 spiro atoms. The summed E-state index contributed by atoms with van der Waals surface area (Å²) < 4.78 is 5.11. The molecule has 0 bridgehead atoms. The number of hydrogen-bond acceptors (Lipinski definition) is 4. The fourth-order valence-corrected chi connectivity index (χ4v) is 1.66. The first-order chi connectivity index (χ1) is 9.06. The molecule has 0 fully saturated rings. The Morgan fingerprint density at radius 3 is 2.79 bits per heavy atom. The van der Waals surface area contributed by atoms with Crippen LogP contribution in [0.2, 0.25) is 0 Å². The molecular weight excluding hydrogens is 244 g/mol. The molecule has 2 rings (SSSR count). The third-order valence-corrected chi connectivity index (χ3v) is 2.72. The van der Waals surface area contributed by atoms with Crippen LogP contribution in [0, 0.1) is 6.92 Å². The minimum absolute atomic E-state index is 0.0396. The fourth-order valence-electron chi connectivity index (χ4n) is 1.66. The van der Waals surface area contributed by atoms with Crippen molar-refractivity contribution in [1.82, 2.24) is 4.98 Å². The van der Waals surface area contributed by atoms with Gasteiger partial charge in [-0.05, 0) is 26.0 Å². The molecule has 0 atom stereocenters. The minimum Gasteiger partial charge on any atom is -0.448 e. The van der Waals surface area contributed by atoms with E-state index in [1.165, 1.54) is 13.3 Å². The highest BCUT2D eigenvalue weighted by Gasteiger charge is 2.10. The van der Waals surface area contributed by atoms with Crippen molar-refractivity contribution in [2.24, 2.45) is 0 Å². The van der Waals surface area contributed by atoms with E-state index in [0.29, 0.717) is 22.7 Å². The van der Waals surface area contributed by atoms with Gasteiger partial charge in [-0.1, -0.05) is 12.1 Å². The molecule has 0 radical (unpaired) electrons. The lowest BCUT2D eigenvalue weighted by atomic mass is 10.1. The van der Waals surface area contributed by atoms with E-state index in [-0.39, 0.29) is 18.1 Å². The second kappa shape index (κ2) is 5.48. The van der Waals surface area contributed by atoms with Crippen LogP contribution in [-0.2, 0) is 11.2 Å². The summed E-state index contributed by atoms with van der Waals surface area (Å²) >= 11 is 0. The van der Waals surface area contributed by atoms with Crippen LogP contribution in [0.25, 0.3) is 0 Å². The lowest BCUT2D eigenvalue weighted by Gasteiger charge is -2.05. The number of Topliss-reactive ketones (excluding diaryl/α,β-unsaturated/α-hetero) is 1. The molecule has 19 heavy (non-hydrogen) atoms. The van der Waals surface area contributed by atoms with E-state index in [1.54, 1.807) is 31.2 Å². The second-order valence-electron chi connectivity index (χ2n) is 4.22. The molecule has 5 nitrogen and oxygen atoms in total. The Morgan fingerprint density at radius 2 is 2.16 bits per heavy atom. The number of anilines is 1. The van der Waals surface area contributed by atoms with Crippen LogP contribution in [-0.4, -0.2) is 16.7 Å². The maximum Gasteiger partial charge on any atom is 0.232 e. The molecule has 1 amide bonds. The summed E-state index contributed by atoms with van der Waals surface area (Å²) in [6, 6.07) is 6.82. The van der Waals surface area contributed by atoms with Crippen LogP contribution in [0.1, 0.15) is 28.7 Å². The Balaban J connectivity index is 2.05. The standard InChI is InChI=1S/C14H14N2O3/c1-9-13(19-8-15-9)7-14(18)16-12-5-3-4-11(6-12)10(2)17/h3-6,8H,7H2,1-2H3,(H,16,18). The molecule has 0 aliphatic carbocycles. The molecule has 2 aromatic rings. The molecule has 1 N–H and O–H groups in total. The predicted molar refractivity (Wildman–Crippen MR) is 70.0 cm³/mol. The number of ketones is 1. The summed E-state index contributed by atoms with van der Waals surface area (Å²) in [6.07, 6.45) is 1.43. The second-order valence-corrected chi connectivity index (χ2v) is 4.22. The third kappa shape index (κ3) is 3.28. The van der Waals surface area contributed by atoms with E-state index in [1.807, 2.05) is 0 Å². The number of aromatic nitrogens is 1. The van der Waals surface area contributed by atoms with Crippen molar-refractivity contribution in [2.75, 3.05) is 5.32 Å². The number of carbonyl (C=O) groups excluding carboxylic acids is 2. The van der Waals surface area contributed by atoms with Crippen LogP contribution in [0.15, 0.2) is 35.1 Å². The van der Waals surface area contributed by atoms with E-state index < -0.39 is 0 Å². The molecule has 98 valence electrons. The van der Waals surface area contributed by atoms with Gasteiger partial charge in [0.05, 0.1) is 12.1 Å².